The van der Waals surface area contributed by atoms with Crippen molar-refractivity contribution in [3.8, 4) is 0 Å². The van der Waals surface area contributed by atoms with Gasteiger partial charge in [0, 0.05) is 194 Å². The van der Waals surface area contributed by atoms with Crippen LogP contribution in [0.3, 0.4) is 0 Å². The van der Waals surface area contributed by atoms with Gasteiger partial charge in [0.05, 0.1) is 28.6 Å². The Morgan fingerprint density at radius 2 is 0.847 bits per heavy atom. The van der Waals surface area contributed by atoms with Crippen LogP contribution in [0.25, 0.3) is 0 Å². The van der Waals surface area contributed by atoms with E-state index >= 15 is 0 Å². The molecule has 0 saturated carbocycles. The topological polar surface area (TPSA) is 270 Å². The van der Waals surface area contributed by atoms with Gasteiger partial charge in [-0.25, -0.2) is 25.0 Å². The van der Waals surface area contributed by atoms with Crippen molar-refractivity contribution in [1.29, 1.82) is 0 Å². The fourth-order valence-electron chi connectivity index (χ4n) is 13.2. The number of nitrogens with one attached hydrogen (secondary N) is 2. The van der Waals surface area contributed by atoms with Gasteiger partial charge in [0.25, 0.3) is 29.5 Å². The Morgan fingerprint density at radius 3 is 1.21 bits per heavy atom. The number of hydrazone groups is 5. The normalized spacial score (nSPS) is 29.0. The first-order valence-electron chi connectivity index (χ1n) is 29.3. The Balaban J connectivity index is 0.000000194. The highest BCUT2D eigenvalue weighted by molar-refractivity contribution is 6.16. The molecule has 5 unspecified atom stereocenters. The largest absolute Gasteiger partial charge is 0.346 e. The zero-order chi connectivity index (χ0) is 62.1. The van der Waals surface area contributed by atoms with Gasteiger partial charge in [-0.1, -0.05) is 7.43 Å². The van der Waals surface area contributed by atoms with Gasteiger partial charge < -0.3 is 49.8 Å². The lowest BCUT2D eigenvalue weighted by atomic mass is 9.75. The summed E-state index contributed by atoms with van der Waals surface area (Å²) in [5, 5.41) is 35.4. The molecule has 5 fully saturated rings. The summed E-state index contributed by atoms with van der Waals surface area (Å²) in [6.45, 7) is 13.3. The Morgan fingerprint density at radius 1 is 0.529 bits per heavy atom. The highest BCUT2D eigenvalue weighted by Crippen LogP contribution is 2.41. The van der Waals surface area contributed by atoms with Crippen LogP contribution in [0.4, 0.5) is 0 Å². The second kappa shape index (κ2) is 29.0. The van der Waals surface area contributed by atoms with Crippen molar-refractivity contribution in [2.75, 3.05) is 177 Å². The molecule has 27 nitrogen and oxygen atoms in total. The minimum absolute atomic E-state index is 0. The fraction of sp³-hybridized carbons (Fsp3) is 0.759. The maximum atomic E-state index is 12.5. The predicted octanol–water partition coefficient (Wildman–Crippen LogP) is 0.00140. The van der Waals surface area contributed by atoms with Crippen LogP contribution in [-0.4, -0.2) is 314 Å². The Bertz CT molecular complexity index is 2700. The number of fused-ring (bicyclic) bond motifs is 5. The van der Waals surface area contributed by atoms with Gasteiger partial charge in [0.15, 0.2) is 0 Å². The predicted molar refractivity (Wildman–Crippen MR) is 330 cm³/mol. The Kier molecular flexibility index (Phi) is 23.7. The first-order valence-corrected chi connectivity index (χ1v) is 29.3. The molecular weight excluding hydrogens is 1090 g/mol. The molecule has 10 heterocycles. The average molecular weight is 1190 g/mol. The summed E-state index contributed by atoms with van der Waals surface area (Å²) in [5.74, 6) is 0.368. The van der Waals surface area contributed by atoms with Crippen LogP contribution in [0.15, 0.2) is 30.5 Å². The molecule has 27 heteroatoms. The van der Waals surface area contributed by atoms with E-state index in [0.717, 1.165) is 126 Å². The number of amides is 7. The number of nitrogens with zero attached hydrogens (tertiary/aromatic N) is 17. The van der Waals surface area contributed by atoms with E-state index in [-0.39, 0.29) is 60.6 Å². The number of carbonyl (C=O) groups is 8. The summed E-state index contributed by atoms with van der Waals surface area (Å²) in [6, 6.07) is 0. The smallest absolute Gasteiger partial charge is 0.256 e. The van der Waals surface area contributed by atoms with E-state index in [2.05, 4.69) is 67.8 Å². The maximum absolute atomic E-state index is 12.5. The SMILES string of the molecule is C.CC(=O)N(C)CCC12CN(C)CCC1=NN(C)C2=O.CC(=O)N(C)CCC12CNCCC1=NN(C)C2=O.CN1CCC2=NN(C)C(=O)C2(CC=O)C1.CN=CCC12CN(C)CCC1=NN(C)C2=O.CNCCC12CN(C)CCC1=NN(C)C2=O. The molecule has 10 aliphatic heterocycles. The molecule has 85 heavy (non-hydrogen) atoms. The maximum Gasteiger partial charge on any atom is 0.256 e. The van der Waals surface area contributed by atoms with Gasteiger partial charge in [-0.3, -0.25) is 33.6 Å². The molecule has 0 spiro atoms. The molecule has 10 rings (SSSR count). The molecule has 0 bridgehead atoms. The van der Waals surface area contributed by atoms with E-state index < -0.39 is 21.7 Å². The molecule has 5 saturated heterocycles. The molecule has 7 amide bonds. The van der Waals surface area contributed by atoms with Gasteiger partial charge >= 0.3 is 0 Å². The standard InChI is InChI=1S/C13H22N4O2.C12H20N4O2.C11H20N4O.C11H18N4O.C10H15N3O2.CH4/c1-10(18)16(3)8-6-13-9-15(2)7-5-11(13)14-17(4)12(13)19;1-9(17)15(2)7-5-12-8-13-6-4-10(12)14-16(3)11(12)18;2*1-12-6-5-11-8-14(2)7-4-9(11)13-15(3)10(11)16;1-12-5-3-8-10(7-12,4-6-14)9(15)13(2)11-8;/h5-9H2,1-4H3;13H,4-8H2,1-3H3;12H,4-8H2,1-3H3;6H,4-5,7-8H2,1-3H3;6H,3-5,7H2,1-2H3;1H4. The van der Waals surface area contributed by atoms with Gasteiger partial charge in [0.1, 0.15) is 33.4 Å². The summed E-state index contributed by atoms with van der Waals surface area (Å²) in [7, 11) is 23.9. The summed E-state index contributed by atoms with van der Waals surface area (Å²) >= 11 is 0. The van der Waals surface area contributed by atoms with Gasteiger partial charge in [-0.05, 0) is 67.3 Å². The minimum atomic E-state index is -0.663. The number of likely N-dealkylation sites (tertiary alicyclic amines) is 4. The van der Waals surface area contributed by atoms with E-state index in [0.29, 0.717) is 52.0 Å². The van der Waals surface area contributed by atoms with Gasteiger partial charge in [0.2, 0.25) is 11.8 Å². The molecule has 10 aliphatic rings. The number of aliphatic imine (C=N–C) groups is 1. The number of carbonyl (C=O) groups excluding carboxylic acids is 8. The quantitative estimate of drug-likeness (QED) is 0.182. The Labute approximate surface area is 503 Å². The number of hydrogen-bond donors (Lipinski definition) is 2. The van der Waals surface area contributed by atoms with Crippen molar-refractivity contribution < 1.29 is 38.4 Å². The second-order valence-corrected chi connectivity index (χ2v) is 24.4. The van der Waals surface area contributed by atoms with E-state index in [1.54, 1.807) is 73.1 Å². The Hall–Kier alpha value is -6.26. The lowest BCUT2D eigenvalue weighted by molar-refractivity contribution is -0.137. The molecule has 0 radical (unpaired) electrons. The van der Waals surface area contributed by atoms with Crippen LogP contribution in [0.1, 0.15) is 85.5 Å². The van der Waals surface area contributed by atoms with Crippen molar-refractivity contribution in [3.05, 3.63) is 0 Å². The third-order valence-electron chi connectivity index (χ3n) is 18.4. The van der Waals surface area contributed by atoms with E-state index in [9.17, 15) is 38.4 Å². The van der Waals surface area contributed by atoms with Crippen LogP contribution >= 0.6 is 0 Å². The third-order valence-corrected chi connectivity index (χ3v) is 18.4. The molecule has 474 valence electrons. The second-order valence-electron chi connectivity index (χ2n) is 24.4. The average Bonchev–Trinajstić information content (AvgIpc) is 3.05. The van der Waals surface area contributed by atoms with Crippen molar-refractivity contribution >= 4 is 82.4 Å². The van der Waals surface area contributed by atoms with E-state index in [4.69, 9.17) is 0 Å². The summed E-state index contributed by atoms with van der Waals surface area (Å²) in [4.78, 5) is 111. The number of aldehydes is 1. The van der Waals surface area contributed by atoms with Crippen molar-refractivity contribution in [2.24, 2.45) is 57.6 Å². The molecule has 0 aromatic carbocycles. The molecule has 0 aromatic rings. The lowest BCUT2D eigenvalue weighted by Gasteiger charge is -2.38. The number of hydrogen-bond acceptors (Lipinski definition) is 20. The van der Waals surface area contributed by atoms with Crippen LogP contribution < -0.4 is 10.6 Å². The zero-order valence-electron chi connectivity index (χ0n) is 52.8. The number of rotatable bonds is 13. The van der Waals surface area contributed by atoms with Gasteiger partial charge in [-0.15, -0.1) is 0 Å². The van der Waals surface area contributed by atoms with Crippen molar-refractivity contribution in [1.82, 2.24) is 65.1 Å². The molecule has 2 N–H and O–H groups in total. The summed E-state index contributed by atoms with van der Waals surface area (Å²) in [6.07, 6.45) is 9.90. The first-order chi connectivity index (χ1) is 39.6. The molecular formula is C58H99N19O8. The molecule has 0 aliphatic carbocycles. The minimum Gasteiger partial charge on any atom is -0.346 e. The lowest BCUT2D eigenvalue weighted by Crippen LogP contribution is -2.52. The molecule has 5 atom stereocenters. The van der Waals surface area contributed by atoms with Crippen LogP contribution in [0, 0.1) is 27.1 Å². The van der Waals surface area contributed by atoms with E-state index in [1.165, 1.54) is 32.0 Å². The van der Waals surface area contributed by atoms with Gasteiger partial charge in [-0.2, -0.15) is 25.5 Å². The summed E-state index contributed by atoms with van der Waals surface area (Å²) in [5.41, 5.74) is 2.41. The first kappa shape index (κ1) is 69.5. The van der Waals surface area contributed by atoms with Crippen molar-refractivity contribution in [3.63, 3.8) is 0 Å². The monoisotopic (exact) mass is 1190 g/mol. The molecule has 0 aromatic heterocycles. The van der Waals surface area contributed by atoms with Crippen LogP contribution in [-0.2, 0) is 38.4 Å². The van der Waals surface area contributed by atoms with Crippen LogP contribution in [0.2, 0.25) is 0 Å². The summed E-state index contributed by atoms with van der Waals surface area (Å²) < 4.78 is 0. The fourth-order valence-corrected chi connectivity index (χ4v) is 13.2. The number of piperidine rings is 5. The van der Waals surface area contributed by atoms with Crippen LogP contribution in [0.5, 0.6) is 0 Å². The zero-order valence-corrected chi connectivity index (χ0v) is 52.8. The van der Waals surface area contributed by atoms with Crippen molar-refractivity contribution in [2.45, 2.75) is 85.5 Å². The van der Waals surface area contributed by atoms with E-state index in [1.807, 2.05) is 34.4 Å². The highest BCUT2D eigenvalue weighted by atomic mass is 16.2. The third kappa shape index (κ3) is 14.4. The highest BCUT2D eigenvalue weighted by Gasteiger charge is 2.56.